The lowest BCUT2D eigenvalue weighted by Gasteiger charge is -2.24. The Kier molecular flexibility index (Phi) is 4.57. The number of nitrogens with zero attached hydrogens (tertiary/aromatic N) is 1. The molecule has 25 heavy (non-hydrogen) atoms. The summed E-state index contributed by atoms with van der Waals surface area (Å²) in [6, 6.07) is 10.7. The molecule has 4 nitrogen and oxygen atoms in total. The van der Waals surface area contributed by atoms with Crippen LogP contribution in [-0.4, -0.2) is 35.3 Å². The van der Waals surface area contributed by atoms with Crippen molar-refractivity contribution in [2.45, 2.75) is 44.2 Å². The number of nitrogens with one attached hydrogen (secondary N) is 1. The second kappa shape index (κ2) is 7.00. The number of likely N-dealkylation sites (tertiary alicyclic amines) is 1. The van der Waals surface area contributed by atoms with Crippen LogP contribution in [0.4, 0.5) is 0 Å². The van der Waals surface area contributed by atoms with E-state index in [2.05, 4.69) is 41.0 Å². The van der Waals surface area contributed by atoms with Gasteiger partial charge in [-0.15, -0.1) is 0 Å². The average Bonchev–Trinajstić information content (AvgIpc) is 3.32. The van der Waals surface area contributed by atoms with Crippen molar-refractivity contribution < 1.29 is 9.59 Å². The lowest BCUT2D eigenvalue weighted by molar-refractivity contribution is -0.129. The second-order valence-corrected chi connectivity index (χ2v) is 7.76. The first-order chi connectivity index (χ1) is 12.2. The Morgan fingerprint density at radius 3 is 2.60 bits per heavy atom. The molecule has 2 aliphatic rings. The van der Waals surface area contributed by atoms with Crippen molar-refractivity contribution in [3.8, 4) is 0 Å². The molecule has 0 unspecified atom stereocenters. The van der Waals surface area contributed by atoms with Crippen molar-refractivity contribution >= 4 is 23.2 Å². The van der Waals surface area contributed by atoms with Gasteiger partial charge in [0.2, 0.25) is 11.8 Å². The zero-order valence-electron chi connectivity index (χ0n) is 14.1. The van der Waals surface area contributed by atoms with Crippen LogP contribution in [0.25, 0.3) is 0 Å². The molecular weight excluding hydrogens is 332 g/mol. The van der Waals surface area contributed by atoms with Crippen molar-refractivity contribution in [2.24, 2.45) is 0 Å². The van der Waals surface area contributed by atoms with Crippen molar-refractivity contribution in [1.82, 2.24) is 10.2 Å². The van der Waals surface area contributed by atoms with Crippen LogP contribution >= 0.6 is 11.3 Å². The molecule has 5 heteroatoms. The molecule has 2 amide bonds. The molecule has 1 N–H and O–H groups in total. The Morgan fingerprint density at radius 2 is 1.92 bits per heavy atom. The van der Waals surface area contributed by atoms with E-state index in [9.17, 15) is 9.59 Å². The fraction of sp³-hybridized carbons (Fsp3) is 0.400. The van der Waals surface area contributed by atoms with Gasteiger partial charge < -0.3 is 10.2 Å². The maximum Gasteiger partial charge on any atom is 0.225 e. The Bertz CT molecular complexity index is 747. The summed E-state index contributed by atoms with van der Waals surface area (Å²) < 4.78 is 0. The molecule has 0 spiro atoms. The first-order valence-electron chi connectivity index (χ1n) is 8.86. The minimum absolute atomic E-state index is 0.0422. The van der Waals surface area contributed by atoms with Gasteiger partial charge in [-0.2, -0.15) is 11.3 Å². The van der Waals surface area contributed by atoms with E-state index < -0.39 is 0 Å². The number of hydrogen-bond acceptors (Lipinski definition) is 3. The van der Waals surface area contributed by atoms with Crippen molar-refractivity contribution in [3.63, 3.8) is 0 Å². The molecule has 0 saturated carbocycles. The fourth-order valence-electron chi connectivity index (χ4n) is 3.93. The van der Waals surface area contributed by atoms with Crippen LogP contribution in [0, 0.1) is 0 Å². The molecule has 1 aromatic carbocycles. The average molecular weight is 354 g/mol. The summed E-state index contributed by atoms with van der Waals surface area (Å²) in [6.45, 7) is 0.641. The predicted octanol–water partition coefficient (Wildman–Crippen LogP) is 2.57. The highest BCUT2D eigenvalue weighted by Gasteiger charge is 2.37. The summed E-state index contributed by atoms with van der Waals surface area (Å²) in [4.78, 5) is 26.6. The molecule has 1 aliphatic carbocycles. The van der Waals surface area contributed by atoms with Crippen LogP contribution in [0.15, 0.2) is 41.1 Å². The number of carbonyl (C=O) groups excluding carboxylic acids is 2. The number of aryl methyl sites for hydroxylation is 1. The third-order valence-corrected chi connectivity index (χ3v) is 5.95. The first-order valence-corrected chi connectivity index (χ1v) is 9.80. The highest BCUT2D eigenvalue weighted by atomic mass is 32.1. The van der Waals surface area contributed by atoms with Gasteiger partial charge in [0.15, 0.2) is 0 Å². The van der Waals surface area contributed by atoms with E-state index in [4.69, 9.17) is 0 Å². The number of carbonyl (C=O) groups is 2. The zero-order valence-corrected chi connectivity index (χ0v) is 14.9. The first kappa shape index (κ1) is 16.3. The molecule has 130 valence electrons. The van der Waals surface area contributed by atoms with Gasteiger partial charge in [-0.3, -0.25) is 9.59 Å². The number of fused-ring (bicyclic) bond motifs is 1. The largest absolute Gasteiger partial charge is 0.351 e. The van der Waals surface area contributed by atoms with E-state index in [1.54, 1.807) is 11.3 Å². The van der Waals surface area contributed by atoms with Gasteiger partial charge in [0.25, 0.3) is 0 Å². The molecule has 1 atom stereocenters. The van der Waals surface area contributed by atoms with E-state index in [-0.39, 0.29) is 23.9 Å². The highest BCUT2D eigenvalue weighted by Crippen LogP contribution is 2.28. The molecule has 1 aromatic heterocycles. The standard InChI is InChI=1S/C20H22N2O2S/c23-19(6-5-14-7-8-25-13-14)21-17-11-20(24)22(12-17)18-9-15-3-1-2-4-16(15)10-18/h1-4,7-8,13,17-18H,5-6,9-12H2,(H,21,23)/t17-/m0/s1. The summed E-state index contributed by atoms with van der Waals surface area (Å²) in [5.41, 5.74) is 3.90. The molecular formula is C20H22N2O2S. The van der Waals surface area contributed by atoms with Crippen LogP contribution in [0.2, 0.25) is 0 Å². The van der Waals surface area contributed by atoms with Gasteiger partial charge >= 0.3 is 0 Å². The minimum atomic E-state index is -0.0498. The molecule has 1 saturated heterocycles. The fourth-order valence-corrected chi connectivity index (χ4v) is 4.63. The molecule has 4 rings (SSSR count). The SMILES string of the molecule is O=C(CCc1ccsc1)N[C@H]1CC(=O)N(C2Cc3ccccc3C2)C1. The van der Waals surface area contributed by atoms with E-state index in [0.717, 1.165) is 19.3 Å². The smallest absolute Gasteiger partial charge is 0.225 e. The Morgan fingerprint density at radius 1 is 1.16 bits per heavy atom. The number of hydrogen-bond donors (Lipinski definition) is 1. The second-order valence-electron chi connectivity index (χ2n) is 6.98. The minimum Gasteiger partial charge on any atom is -0.351 e. The maximum absolute atomic E-state index is 12.4. The molecule has 1 fully saturated rings. The topological polar surface area (TPSA) is 49.4 Å². The van der Waals surface area contributed by atoms with Crippen LogP contribution in [0.1, 0.15) is 29.5 Å². The van der Waals surface area contributed by atoms with Gasteiger partial charge in [0.05, 0.1) is 6.04 Å². The maximum atomic E-state index is 12.4. The normalized spacial score (nSPS) is 20.1. The highest BCUT2D eigenvalue weighted by molar-refractivity contribution is 7.07. The summed E-state index contributed by atoms with van der Waals surface area (Å²) in [5, 5.41) is 7.15. The summed E-state index contributed by atoms with van der Waals surface area (Å²) >= 11 is 1.65. The quantitative estimate of drug-likeness (QED) is 0.897. The molecule has 2 heterocycles. The lowest BCUT2D eigenvalue weighted by atomic mass is 10.1. The lowest BCUT2D eigenvalue weighted by Crippen LogP contribution is -2.41. The summed E-state index contributed by atoms with van der Waals surface area (Å²) in [5.74, 6) is 0.210. The van der Waals surface area contributed by atoms with Crippen molar-refractivity contribution in [1.29, 1.82) is 0 Å². The molecule has 2 aromatic rings. The van der Waals surface area contributed by atoms with Crippen LogP contribution in [-0.2, 0) is 28.9 Å². The van der Waals surface area contributed by atoms with Crippen LogP contribution < -0.4 is 5.32 Å². The number of rotatable bonds is 5. The van der Waals surface area contributed by atoms with E-state index >= 15 is 0 Å². The van der Waals surface area contributed by atoms with Crippen molar-refractivity contribution in [2.75, 3.05) is 6.54 Å². The van der Waals surface area contributed by atoms with Gasteiger partial charge in [0.1, 0.15) is 0 Å². The summed E-state index contributed by atoms with van der Waals surface area (Å²) in [6.07, 6.45) is 3.53. The van der Waals surface area contributed by atoms with Crippen molar-refractivity contribution in [3.05, 3.63) is 57.8 Å². The van der Waals surface area contributed by atoms with E-state index in [0.29, 0.717) is 19.4 Å². The van der Waals surface area contributed by atoms with Gasteiger partial charge in [0, 0.05) is 25.4 Å². The third-order valence-electron chi connectivity index (χ3n) is 5.21. The molecule has 0 bridgehead atoms. The Balaban J connectivity index is 1.30. The monoisotopic (exact) mass is 354 g/mol. The predicted molar refractivity (Wildman–Crippen MR) is 98.5 cm³/mol. The van der Waals surface area contributed by atoms with Crippen LogP contribution in [0.3, 0.4) is 0 Å². The molecule has 1 aliphatic heterocycles. The van der Waals surface area contributed by atoms with Gasteiger partial charge in [-0.1, -0.05) is 24.3 Å². The molecule has 0 radical (unpaired) electrons. The van der Waals surface area contributed by atoms with E-state index in [1.807, 2.05) is 10.3 Å². The van der Waals surface area contributed by atoms with Gasteiger partial charge in [-0.25, -0.2) is 0 Å². The van der Waals surface area contributed by atoms with E-state index in [1.165, 1.54) is 16.7 Å². The van der Waals surface area contributed by atoms with Gasteiger partial charge in [-0.05, 0) is 52.8 Å². The zero-order chi connectivity index (χ0) is 17.2. The number of thiophene rings is 1. The number of amides is 2. The summed E-state index contributed by atoms with van der Waals surface area (Å²) in [7, 11) is 0. The Labute approximate surface area is 151 Å². The number of benzene rings is 1. The Hall–Kier alpha value is -2.14. The van der Waals surface area contributed by atoms with Crippen LogP contribution in [0.5, 0.6) is 0 Å². The third kappa shape index (κ3) is 3.61.